The molecule has 1 saturated heterocycles. The number of aromatic nitrogens is 4. The average Bonchev–Trinajstić information content (AvgIpc) is 3.33. The van der Waals surface area contributed by atoms with Crippen molar-refractivity contribution in [3.63, 3.8) is 0 Å². The number of aryl methyl sites for hydroxylation is 1. The topological polar surface area (TPSA) is 77.7 Å². The van der Waals surface area contributed by atoms with E-state index in [1.54, 1.807) is 11.9 Å². The van der Waals surface area contributed by atoms with E-state index in [0.29, 0.717) is 24.9 Å². The number of piperidine rings is 1. The Hall–Kier alpha value is -2.97. The number of nitrogens with zero attached hydrogens (tertiary/aromatic N) is 6. The van der Waals surface area contributed by atoms with Crippen molar-refractivity contribution in [3.8, 4) is 22.9 Å². The fourth-order valence-electron chi connectivity index (χ4n) is 4.81. The number of likely N-dealkylation sites (tertiary alicyclic amines) is 1. The Morgan fingerprint density at radius 3 is 2.50 bits per heavy atom. The summed E-state index contributed by atoms with van der Waals surface area (Å²) in [7, 11) is 3.89. The first kappa shape index (κ1) is 24.2. The van der Waals surface area contributed by atoms with Crippen molar-refractivity contribution in [2.75, 3.05) is 33.9 Å². The highest BCUT2D eigenvalue weighted by Crippen LogP contribution is 2.42. The molecule has 2 aliphatic rings. The molecule has 3 aromatic rings. The van der Waals surface area contributed by atoms with Crippen molar-refractivity contribution >= 4 is 18.1 Å². The van der Waals surface area contributed by atoms with E-state index >= 15 is 0 Å². The van der Waals surface area contributed by atoms with E-state index in [1.165, 1.54) is 5.56 Å². The lowest BCUT2D eigenvalue weighted by atomic mass is 9.79. The molecule has 180 valence electrons. The quantitative estimate of drug-likeness (QED) is 0.531. The molecule has 0 unspecified atom stereocenters. The smallest absolute Gasteiger partial charge is 0.204 e. The van der Waals surface area contributed by atoms with E-state index in [4.69, 9.17) is 14.5 Å². The number of halogens is 1. The standard InChI is InChI=1S/C25H30N6O2.ClH/c1-5-31-28-25(27-29-31)17-9-7-16(8-10-17)24-19-14-23(33-6-2)22(32-4)13-18(19)20-15-30(3)12-11-21(20)26-24;/h7-10,13-14,20-21H,5-6,11-12,15H2,1-4H3;1H/t20-,21-;/m1./s1. The molecule has 9 heteroatoms. The monoisotopic (exact) mass is 482 g/mol. The van der Waals surface area contributed by atoms with Crippen LogP contribution in [0.3, 0.4) is 0 Å². The Bertz CT molecular complexity index is 1180. The third kappa shape index (κ3) is 4.40. The molecule has 0 bridgehead atoms. The normalized spacial score (nSPS) is 19.5. The van der Waals surface area contributed by atoms with Crippen LogP contribution in [0.25, 0.3) is 11.4 Å². The van der Waals surface area contributed by atoms with Gasteiger partial charge in [0.2, 0.25) is 5.82 Å². The highest BCUT2D eigenvalue weighted by atomic mass is 35.5. The zero-order chi connectivity index (χ0) is 22.9. The number of aliphatic imine (C=N–C) groups is 1. The Kier molecular flexibility index (Phi) is 7.19. The second kappa shape index (κ2) is 10.1. The van der Waals surface area contributed by atoms with Gasteiger partial charge in [0.15, 0.2) is 11.5 Å². The molecule has 5 rings (SSSR count). The summed E-state index contributed by atoms with van der Waals surface area (Å²) in [5.41, 5.74) is 5.44. The van der Waals surface area contributed by atoms with Crippen LogP contribution in [0.15, 0.2) is 41.4 Å². The lowest BCUT2D eigenvalue weighted by Gasteiger charge is -2.39. The molecule has 1 aromatic heterocycles. The summed E-state index contributed by atoms with van der Waals surface area (Å²) in [6.45, 7) is 7.30. The zero-order valence-corrected chi connectivity index (χ0v) is 20.9. The van der Waals surface area contributed by atoms with E-state index in [0.717, 1.165) is 53.4 Å². The molecule has 0 amide bonds. The minimum absolute atomic E-state index is 0. The molecule has 0 N–H and O–H groups in total. The number of rotatable bonds is 6. The summed E-state index contributed by atoms with van der Waals surface area (Å²) < 4.78 is 11.6. The lowest BCUT2D eigenvalue weighted by molar-refractivity contribution is 0.227. The third-order valence-electron chi connectivity index (χ3n) is 6.52. The third-order valence-corrected chi connectivity index (χ3v) is 6.52. The maximum absolute atomic E-state index is 5.91. The molecule has 8 nitrogen and oxygen atoms in total. The van der Waals surface area contributed by atoms with E-state index < -0.39 is 0 Å². The molecule has 0 radical (unpaired) electrons. The highest BCUT2D eigenvalue weighted by molar-refractivity contribution is 6.15. The van der Waals surface area contributed by atoms with Crippen LogP contribution in [0.2, 0.25) is 0 Å². The van der Waals surface area contributed by atoms with Crippen molar-refractivity contribution in [1.29, 1.82) is 0 Å². The van der Waals surface area contributed by atoms with Crippen molar-refractivity contribution in [3.05, 3.63) is 53.1 Å². The molecule has 2 aromatic carbocycles. The van der Waals surface area contributed by atoms with Crippen LogP contribution in [0.4, 0.5) is 0 Å². The van der Waals surface area contributed by atoms with E-state index in [-0.39, 0.29) is 18.4 Å². The minimum Gasteiger partial charge on any atom is -0.493 e. The van der Waals surface area contributed by atoms with Crippen LogP contribution in [0.1, 0.15) is 42.9 Å². The van der Waals surface area contributed by atoms with Gasteiger partial charge in [0.25, 0.3) is 0 Å². The predicted molar refractivity (Wildman–Crippen MR) is 135 cm³/mol. The molecular weight excluding hydrogens is 452 g/mol. The number of ether oxygens (including phenoxy) is 2. The van der Waals surface area contributed by atoms with Gasteiger partial charge in [-0.05, 0) is 56.8 Å². The molecule has 2 atom stereocenters. The first-order chi connectivity index (χ1) is 16.1. The lowest BCUT2D eigenvalue weighted by Crippen LogP contribution is -2.41. The van der Waals surface area contributed by atoms with Gasteiger partial charge in [0, 0.05) is 29.2 Å². The molecule has 0 saturated carbocycles. The first-order valence-electron chi connectivity index (χ1n) is 11.6. The van der Waals surface area contributed by atoms with Crippen molar-refractivity contribution in [2.24, 2.45) is 4.99 Å². The van der Waals surface area contributed by atoms with E-state index in [2.05, 4.69) is 51.6 Å². The SMILES string of the molecule is CCOc1cc2c(cc1OC)[C@H]1CN(C)CC[C@H]1N=C2c1ccc(-c2nnn(CC)n2)cc1.Cl. The summed E-state index contributed by atoms with van der Waals surface area (Å²) in [6, 6.07) is 12.8. The van der Waals surface area contributed by atoms with Crippen molar-refractivity contribution in [2.45, 2.75) is 38.8 Å². The van der Waals surface area contributed by atoms with Gasteiger partial charge in [0.05, 0.1) is 32.0 Å². The fraction of sp³-hybridized carbons (Fsp3) is 0.440. The maximum Gasteiger partial charge on any atom is 0.204 e. The van der Waals surface area contributed by atoms with E-state index in [9.17, 15) is 0 Å². The van der Waals surface area contributed by atoms with Crippen molar-refractivity contribution in [1.82, 2.24) is 25.1 Å². The van der Waals surface area contributed by atoms with Crippen LogP contribution >= 0.6 is 12.4 Å². The predicted octanol–water partition coefficient (Wildman–Crippen LogP) is 3.83. The Morgan fingerprint density at radius 1 is 1.06 bits per heavy atom. The van der Waals surface area contributed by atoms with Crippen LogP contribution in [-0.2, 0) is 6.54 Å². The van der Waals surface area contributed by atoms with Crippen molar-refractivity contribution < 1.29 is 9.47 Å². The molecular formula is C25H31ClN6O2. The molecule has 0 aliphatic carbocycles. The van der Waals surface area contributed by atoms with Gasteiger partial charge in [-0.15, -0.1) is 22.6 Å². The Morgan fingerprint density at radius 2 is 1.82 bits per heavy atom. The van der Waals surface area contributed by atoms with Gasteiger partial charge in [-0.25, -0.2) is 0 Å². The number of likely N-dealkylation sites (N-methyl/N-ethyl adjacent to an activating group) is 1. The number of hydrogen-bond donors (Lipinski definition) is 0. The maximum atomic E-state index is 5.91. The van der Waals surface area contributed by atoms with Gasteiger partial charge in [-0.3, -0.25) is 4.99 Å². The zero-order valence-electron chi connectivity index (χ0n) is 20.1. The molecule has 1 fully saturated rings. The summed E-state index contributed by atoms with van der Waals surface area (Å²) in [5, 5.41) is 12.7. The fourth-order valence-corrected chi connectivity index (χ4v) is 4.81. The van der Waals surface area contributed by atoms with Gasteiger partial charge in [-0.1, -0.05) is 24.3 Å². The molecule has 34 heavy (non-hydrogen) atoms. The van der Waals surface area contributed by atoms with Crippen LogP contribution in [0, 0.1) is 0 Å². The van der Waals surface area contributed by atoms with Gasteiger partial charge in [0.1, 0.15) is 0 Å². The second-order valence-corrected chi connectivity index (χ2v) is 8.60. The number of hydrogen-bond acceptors (Lipinski definition) is 7. The number of fused-ring (bicyclic) bond motifs is 3. The average molecular weight is 483 g/mol. The summed E-state index contributed by atoms with van der Waals surface area (Å²) in [4.78, 5) is 9.25. The summed E-state index contributed by atoms with van der Waals surface area (Å²) in [6.07, 6.45) is 1.04. The highest BCUT2D eigenvalue weighted by Gasteiger charge is 2.36. The Balaban J connectivity index is 0.00000274. The Labute approximate surface area is 206 Å². The number of methoxy groups -OCH3 is 1. The van der Waals surface area contributed by atoms with Crippen LogP contribution < -0.4 is 9.47 Å². The van der Waals surface area contributed by atoms with Gasteiger partial charge < -0.3 is 14.4 Å². The molecule has 3 heterocycles. The molecule has 0 spiro atoms. The van der Waals surface area contributed by atoms with Crippen LogP contribution in [-0.4, -0.2) is 70.7 Å². The first-order valence-corrected chi connectivity index (χ1v) is 11.6. The largest absolute Gasteiger partial charge is 0.493 e. The second-order valence-electron chi connectivity index (χ2n) is 8.60. The van der Waals surface area contributed by atoms with Gasteiger partial charge in [-0.2, -0.15) is 4.80 Å². The number of tetrazole rings is 1. The van der Waals surface area contributed by atoms with E-state index in [1.807, 2.05) is 26.0 Å². The summed E-state index contributed by atoms with van der Waals surface area (Å²) >= 11 is 0. The molecule has 2 aliphatic heterocycles. The number of benzene rings is 2. The summed E-state index contributed by atoms with van der Waals surface area (Å²) in [5.74, 6) is 2.52. The minimum atomic E-state index is 0. The van der Waals surface area contributed by atoms with Crippen LogP contribution in [0.5, 0.6) is 11.5 Å². The van der Waals surface area contributed by atoms with Gasteiger partial charge >= 0.3 is 0 Å².